The standard InChI is InChI=1S/C18H24N2O3S/c1-12(2)8-9-17(22)23-11-16(21)20-18-14(10-19)13-6-4-3-5-7-15(13)24-18/h12H,3-9,11H2,1-2H3,(H,20,21). The van der Waals surface area contributed by atoms with E-state index in [1.165, 1.54) is 22.6 Å². The highest BCUT2D eigenvalue weighted by Gasteiger charge is 2.21. The quantitative estimate of drug-likeness (QED) is 0.626. The molecule has 0 saturated carbocycles. The minimum Gasteiger partial charge on any atom is -0.456 e. The van der Waals surface area contributed by atoms with Gasteiger partial charge in [0.05, 0.1) is 5.56 Å². The number of hydrogen-bond acceptors (Lipinski definition) is 5. The largest absolute Gasteiger partial charge is 0.456 e. The van der Waals surface area contributed by atoms with Crippen molar-refractivity contribution >= 4 is 28.2 Å². The van der Waals surface area contributed by atoms with E-state index in [9.17, 15) is 14.9 Å². The van der Waals surface area contributed by atoms with Crippen molar-refractivity contribution < 1.29 is 14.3 Å². The molecule has 24 heavy (non-hydrogen) atoms. The first kappa shape index (κ1) is 18.5. The maximum Gasteiger partial charge on any atom is 0.306 e. The van der Waals surface area contributed by atoms with Crippen molar-refractivity contribution in [3.8, 4) is 6.07 Å². The molecule has 1 heterocycles. The van der Waals surface area contributed by atoms with Crippen LogP contribution in [-0.2, 0) is 27.2 Å². The number of esters is 1. The molecule has 0 bridgehead atoms. The second kappa shape index (κ2) is 8.84. The van der Waals surface area contributed by atoms with Crippen molar-refractivity contribution in [1.82, 2.24) is 0 Å². The van der Waals surface area contributed by atoms with E-state index in [0.717, 1.165) is 37.7 Å². The van der Waals surface area contributed by atoms with Crippen molar-refractivity contribution in [1.29, 1.82) is 5.26 Å². The minimum absolute atomic E-state index is 0.301. The summed E-state index contributed by atoms with van der Waals surface area (Å²) in [7, 11) is 0. The zero-order valence-electron chi connectivity index (χ0n) is 14.3. The average Bonchev–Trinajstić information content (AvgIpc) is 2.70. The van der Waals surface area contributed by atoms with Crippen LogP contribution in [0.2, 0.25) is 0 Å². The van der Waals surface area contributed by atoms with E-state index in [1.54, 1.807) is 0 Å². The summed E-state index contributed by atoms with van der Waals surface area (Å²) in [6.45, 7) is 3.76. The van der Waals surface area contributed by atoms with Gasteiger partial charge in [0, 0.05) is 11.3 Å². The summed E-state index contributed by atoms with van der Waals surface area (Å²) >= 11 is 1.48. The second-order valence-corrected chi connectivity index (χ2v) is 7.63. The Balaban J connectivity index is 1.92. The Bertz CT molecular complexity index is 643. The van der Waals surface area contributed by atoms with Crippen LogP contribution in [0.5, 0.6) is 0 Å². The van der Waals surface area contributed by atoms with Crippen LogP contribution < -0.4 is 5.32 Å². The number of amides is 1. The molecule has 130 valence electrons. The smallest absolute Gasteiger partial charge is 0.306 e. The van der Waals surface area contributed by atoms with Crippen LogP contribution >= 0.6 is 11.3 Å². The summed E-state index contributed by atoms with van der Waals surface area (Å²) in [5.74, 6) is -0.326. The van der Waals surface area contributed by atoms with Crippen LogP contribution in [0.15, 0.2) is 0 Å². The lowest BCUT2D eigenvalue weighted by Crippen LogP contribution is -2.21. The van der Waals surface area contributed by atoms with Gasteiger partial charge < -0.3 is 10.1 Å². The molecule has 1 N–H and O–H groups in total. The summed E-state index contributed by atoms with van der Waals surface area (Å²) in [6, 6.07) is 2.22. The van der Waals surface area contributed by atoms with Crippen molar-refractivity contribution in [3.05, 3.63) is 16.0 Å². The van der Waals surface area contributed by atoms with Gasteiger partial charge in [-0.15, -0.1) is 11.3 Å². The number of fused-ring (bicyclic) bond motifs is 1. The Morgan fingerprint density at radius 3 is 2.75 bits per heavy atom. The number of anilines is 1. The van der Waals surface area contributed by atoms with Crippen LogP contribution in [0.1, 0.15) is 62.0 Å². The molecule has 0 unspecified atom stereocenters. The zero-order valence-corrected chi connectivity index (χ0v) is 15.1. The van der Waals surface area contributed by atoms with Crippen molar-refractivity contribution in [2.75, 3.05) is 11.9 Å². The third-order valence-electron chi connectivity index (χ3n) is 4.08. The molecule has 2 rings (SSSR count). The van der Waals surface area contributed by atoms with Crippen LogP contribution in [-0.4, -0.2) is 18.5 Å². The van der Waals surface area contributed by atoms with Gasteiger partial charge in [0.2, 0.25) is 0 Å². The maximum absolute atomic E-state index is 12.0. The summed E-state index contributed by atoms with van der Waals surface area (Å²) in [5, 5.41) is 12.8. The van der Waals surface area contributed by atoms with E-state index in [4.69, 9.17) is 4.74 Å². The summed E-state index contributed by atoms with van der Waals surface area (Å²) in [5.41, 5.74) is 1.67. The molecular formula is C18H24N2O3S. The third kappa shape index (κ3) is 5.07. The lowest BCUT2D eigenvalue weighted by molar-refractivity contribution is -0.147. The van der Waals surface area contributed by atoms with E-state index in [2.05, 4.69) is 11.4 Å². The highest BCUT2D eigenvalue weighted by atomic mass is 32.1. The fourth-order valence-electron chi connectivity index (χ4n) is 2.74. The number of nitrogens with zero attached hydrogens (tertiary/aromatic N) is 1. The van der Waals surface area contributed by atoms with Gasteiger partial charge in [-0.05, 0) is 43.6 Å². The number of carbonyl (C=O) groups excluding carboxylic acids is 2. The number of rotatable bonds is 6. The first-order chi connectivity index (χ1) is 11.5. The Morgan fingerprint density at radius 2 is 2.04 bits per heavy atom. The molecule has 0 saturated heterocycles. The van der Waals surface area contributed by atoms with Crippen LogP contribution in [0.25, 0.3) is 0 Å². The number of aryl methyl sites for hydroxylation is 1. The van der Waals surface area contributed by atoms with E-state index < -0.39 is 0 Å². The number of carbonyl (C=O) groups is 2. The molecule has 0 aromatic carbocycles. The van der Waals surface area contributed by atoms with Crippen molar-refractivity contribution in [3.63, 3.8) is 0 Å². The molecule has 0 aliphatic heterocycles. The molecule has 1 aliphatic rings. The summed E-state index contributed by atoms with van der Waals surface area (Å²) in [6.07, 6.45) is 6.32. The summed E-state index contributed by atoms with van der Waals surface area (Å²) < 4.78 is 4.99. The van der Waals surface area contributed by atoms with Crippen molar-refractivity contribution in [2.45, 2.75) is 58.8 Å². The molecule has 0 atom stereocenters. The lowest BCUT2D eigenvalue weighted by atomic mass is 10.1. The fourth-order valence-corrected chi connectivity index (χ4v) is 3.99. The molecule has 6 heteroatoms. The monoisotopic (exact) mass is 348 g/mol. The van der Waals surface area contributed by atoms with E-state index in [0.29, 0.717) is 22.9 Å². The Hall–Kier alpha value is -1.87. The van der Waals surface area contributed by atoms with Gasteiger partial charge in [-0.1, -0.05) is 20.3 Å². The third-order valence-corrected chi connectivity index (χ3v) is 5.28. The van der Waals surface area contributed by atoms with Gasteiger partial charge in [0.25, 0.3) is 5.91 Å². The lowest BCUT2D eigenvalue weighted by Gasteiger charge is -2.07. The number of nitriles is 1. The van der Waals surface area contributed by atoms with Gasteiger partial charge in [-0.2, -0.15) is 5.26 Å². The molecule has 1 aromatic rings. The Labute approximate surface area is 147 Å². The Kier molecular flexibility index (Phi) is 6.80. The Morgan fingerprint density at radius 1 is 1.29 bits per heavy atom. The van der Waals surface area contributed by atoms with Crippen LogP contribution in [0, 0.1) is 17.2 Å². The normalized spacial score (nSPS) is 13.8. The maximum atomic E-state index is 12.0. The van der Waals surface area contributed by atoms with Crippen molar-refractivity contribution in [2.24, 2.45) is 5.92 Å². The van der Waals surface area contributed by atoms with Gasteiger partial charge >= 0.3 is 5.97 Å². The molecule has 1 aliphatic carbocycles. The van der Waals surface area contributed by atoms with E-state index in [1.807, 2.05) is 13.8 Å². The molecule has 0 fully saturated rings. The van der Waals surface area contributed by atoms with Gasteiger partial charge in [-0.25, -0.2) is 0 Å². The molecule has 0 spiro atoms. The number of hydrogen-bond donors (Lipinski definition) is 1. The zero-order chi connectivity index (χ0) is 17.5. The van der Waals surface area contributed by atoms with Crippen LogP contribution in [0.3, 0.4) is 0 Å². The van der Waals surface area contributed by atoms with Gasteiger partial charge in [0.15, 0.2) is 6.61 Å². The summed E-state index contributed by atoms with van der Waals surface area (Å²) in [4.78, 5) is 24.8. The molecular weight excluding hydrogens is 324 g/mol. The highest BCUT2D eigenvalue weighted by Crippen LogP contribution is 2.36. The molecule has 1 aromatic heterocycles. The number of thiophene rings is 1. The molecule has 0 radical (unpaired) electrons. The molecule has 5 nitrogen and oxygen atoms in total. The van der Waals surface area contributed by atoms with Gasteiger partial charge in [0.1, 0.15) is 11.1 Å². The first-order valence-electron chi connectivity index (χ1n) is 8.51. The highest BCUT2D eigenvalue weighted by molar-refractivity contribution is 7.16. The minimum atomic E-state index is -0.388. The predicted octanol–water partition coefficient (Wildman–Crippen LogP) is 3.81. The number of nitrogens with one attached hydrogen (secondary N) is 1. The SMILES string of the molecule is CC(C)CCC(=O)OCC(=O)Nc1sc2c(c1C#N)CCCCC2. The topological polar surface area (TPSA) is 79.2 Å². The van der Waals surface area contributed by atoms with E-state index >= 15 is 0 Å². The van der Waals surface area contributed by atoms with Gasteiger partial charge in [-0.3, -0.25) is 9.59 Å². The average molecular weight is 348 g/mol. The van der Waals surface area contributed by atoms with E-state index in [-0.39, 0.29) is 18.5 Å². The van der Waals surface area contributed by atoms with Crippen LogP contribution in [0.4, 0.5) is 5.00 Å². The first-order valence-corrected chi connectivity index (χ1v) is 9.33. The number of ether oxygens (including phenoxy) is 1. The fraction of sp³-hybridized carbons (Fsp3) is 0.611. The second-order valence-electron chi connectivity index (χ2n) is 6.52. The molecule has 1 amide bonds. The predicted molar refractivity (Wildman–Crippen MR) is 94.0 cm³/mol.